The summed E-state index contributed by atoms with van der Waals surface area (Å²) in [5.74, 6) is 0.149. The normalized spacial score (nSPS) is 10.8. The quantitative estimate of drug-likeness (QED) is 0.395. The predicted octanol–water partition coefficient (Wildman–Crippen LogP) is 5.71. The van der Waals surface area contributed by atoms with E-state index in [1.807, 2.05) is 49.4 Å². The molecule has 31 heavy (non-hydrogen) atoms. The van der Waals surface area contributed by atoms with Crippen molar-refractivity contribution in [3.8, 4) is 11.3 Å². The second-order valence-corrected chi connectivity index (χ2v) is 8.05. The number of carbonyl (C=O) groups excluding carboxylic acids is 1. The maximum Gasteiger partial charge on any atom is 0.143 e. The number of carbonyl (C=O) groups is 1. The molecule has 0 radical (unpaired) electrons. The molecule has 3 heteroatoms. The third-order valence-electron chi connectivity index (χ3n) is 5.38. The Balaban J connectivity index is 1.61. The van der Waals surface area contributed by atoms with E-state index in [1.54, 1.807) is 6.20 Å². The zero-order valence-electron chi connectivity index (χ0n) is 18.0. The van der Waals surface area contributed by atoms with E-state index in [-0.39, 0.29) is 12.2 Å². The molecule has 0 atom stereocenters. The molecular weight excluding hydrogens is 380 g/mol. The van der Waals surface area contributed by atoms with Crippen LogP contribution in [0.2, 0.25) is 0 Å². The number of rotatable bonds is 7. The number of aromatic nitrogens is 2. The van der Waals surface area contributed by atoms with Gasteiger partial charge in [-0.25, -0.2) is 4.98 Å². The fourth-order valence-electron chi connectivity index (χ4n) is 3.58. The van der Waals surface area contributed by atoms with Crippen molar-refractivity contribution in [1.29, 1.82) is 0 Å². The maximum absolute atomic E-state index is 12.8. The summed E-state index contributed by atoms with van der Waals surface area (Å²) in [7, 11) is 0. The Kier molecular flexibility index (Phi) is 6.32. The minimum absolute atomic E-state index is 0.149. The van der Waals surface area contributed by atoms with E-state index in [0.29, 0.717) is 12.8 Å². The van der Waals surface area contributed by atoms with Crippen LogP contribution in [-0.4, -0.2) is 15.8 Å². The Morgan fingerprint density at radius 3 is 2.03 bits per heavy atom. The number of ketones is 1. The van der Waals surface area contributed by atoms with Crippen LogP contribution in [0.15, 0.2) is 85.1 Å². The van der Waals surface area contributed by atoms with Gasteiger partial charge in [0.05, 0.1) is 29.7 Å². The Morgan fingerprint density at radius 1 is 0.710 bits per heavy atom. The summed E-state index contributed by atoms with van der Waals surface area (Å²) in [4.78, 5) is 22.4. The lowest BCUT2D eigenvalue weighted by molar-refractivity contribution is -0.117. The van der Waals surface area contributed by atoms with Gasteiger partial charge in [-0.1, -0.05) is 90.0 Å². The predicted molar refractivity (Wildman–Crippen MR) is 125 cm³/mol. The van der Waals surface area contributed by atoms with Crippen molar-refractivity contribution in [3.05, 3.63) is 119 Å². The van der Waals surface area contributed by atoms with Crippen LogP contribution in [0.1, 0.15) is 33.6 Å². The van der Waals surface area contributed by atoms with Crippen LogP contribution < -0.4 is 0 Å². The van der Waals surface area contributed by atoms with E-state index >= 15 is 0 Å². The number of hydrogen-bond acceptors (Lipinski definition) is 3. The van der Waals surface area contributed by atoms with E-state index in [1.165, 1.54) is 11.1 Å². The molecule has 0 spiro atoms. The molecule has 154 valence electrons. The SMILES string of the molecule is Cc1ccc(CC(=O)Cc2ncc(-c3ccc(C)cc3)nc2Cc2ccccc2)cc1. The highest BCUT2D eigenvalue weighted by molar-refractivity contribution is 5.83. The number of hydrogen-bond donors (Lipinski definition) is 0. The van der Waals surface area contributed by atoms with Gasteiger partial charge in [0.1, 0.15) is 5.78 Å². The Labute approximate surface area is 183 Å². The average Bonchev–Trinajstić information content (AvgIpc) is 2.78. The molecule has 4 aromatic rings. The Hall–Kier alpha value is -3.59. The topological polar surface area (TPSA) is 42.9 Å². The smallest absolute Gasteiger partial charge is 0.143 e. The van der Waals surface area contributed by atoms with Gasteiger partial charge in [0.2, 0.25) is 0 Å². The van der Waals surface area contributed by atoms with Crippen LogP contribution in [0, 0.1) is 13.8 Å². The van der Waals surface area contributed by atoms with Gasteiger partial charge < -0.3 is 0 Å². The van der Waals surface area contributed by atoms with Gasteiger partial charge in [0, 0.05) is 18.4 Å². The first-order valence-electron chi connectivity index (χ1n) is 10.6. The van der Waals surface area contributed by atoms with Crippen LogP contribution in [0.5, 0.6) is 0 Å². The molecular formula is C28H26N2O. The molecule has 1 heterocycles. The highest BCUT2D eigenvalue weighted by Gasteiger charge is 2.14. The number of Topliss-reactive ketones (excluding diaryl/α,β-unsaturated/α-hetero) is 1. The molecule has 0 bridgehead atoms. The van der Waals surface area contributed by atoms with E-state index in [9.17, 15) is 4.79 Å². The van der Waals surface area contributed by atoms with Gasteiger partial charge in [0.25, 0.3) is 0 Å². The molecule has 0 aliphatic carbocycles. The first kappa shape index (κ1) is 20.7. The molecule has 1 aromatic heterocycles. The number of benzene rings is 3. The van der Waals surface area contributed by atoms with E-state index in [0.717, 1.165) is 33.8 Å². The van der Waals surface area contributed by atoms with Crippen molar-refractivity contribution in [2.45, 2.75) is 33.1 Å². The second kappa shape index (κ2) is 9.48. The van der Waals surface area contributed by atoms with Crippen LogP contribution in [0.25, 0.3) is 11.3 Å². The summed E-state index contributed by atoms with van der Waals surface area (Å²) in [5, 5.41) is 0. The van der Waals surface area contributed by atoms with Crippen molar-refractivity contribution < 1.29 is 4.79 Å². The van der Waals surface area contributed by atoms with Gasteiger partial charge in [-0.05, 0) is 25.0 Å². The van der Waals surface area contributed by atoms with E-state index in [4.69, 9.17) is 4.98 Å². The lowest BCUT2D eigenvalue weighted by atomic mass is 10.0. The van der Waals surface area contributed by atoms with Gasteiger partial charge >= 0.3 is 0 Å². The van der Waals surface area contributed by atoms with E-state index in [2.05, 4.69) is 48.3 Å². The third kappa shape index (κ3) is 5.52. The molecule has 0 amide bonds. The van der Waals surface area contributed by atoms with Crippen LogP contribution in [-0.2, 0) is 24.1 Å². The van der Waals surface area contributed by atoms with Crippen LogP contribution >= 0.6 is 0 Å². The fourth-order valence-corrected chi connectivity index (χ4v) is 3.58. The summed E-state index contributed by atoms with van der Waals surface area (Å²) < 4.78 is 0. The minimum atomic E-state index is 0.149. The maximum atomic E-state index is 12.8. The average molecular weight is 407 g/mol. The monoisotopic (exact) mass is 406 g/mol. The minimum Gasteiger partial charge on any atom is -0.299 e. The van der Waals surface area contributed by atoms with Crippen molar-refractivity contribution in [2.75, 3.05) is 0 Å². The molecule has 4 rings (SSSR count). The largest absolute Gasteiger partial charge is 0.299 e. The van der Waals surface area contributed by atoms with Crippen molar-refractivity contribution in [2.24, 2.45) is 0 Å². The molecule has 0 N–H and O–H groups in total. The van der Waals surface area contributed by atoms with E-state index < -0.39 is 0 Å². The summed E-state index contributed by atoms with van der Waals surface area (Å²) in [6.07, 6.45) is 3.14. The summed E-state index contributed by atoms with van der Waals surface area (Å²) in [6, 6.07) is 26.6. The standard InChI is InChI=1S/C28H26N2O/c1-20-8-12-23(13-9-20)16-25(31)18-26-27(17-22-6-4-3-5-7-22)30-28(19-29-26)24-14-10-21(2)11-15-24/h3-15,19H,16-18H2,1-2H3. The van der Waals surface area contributed by atoms with Gasteiger partial charge in [-0.2, -0.15) is 0 Å². The zero-order valence-corrected chi connectivity index (χ0v) is 18.0. The number of nitrogens with zero attached hydrogens (tertiary/aromatic N) is 2. The molecule has 0 saturated carbocycles. The van der Waals surface area contributed by atoms with Crippen molar-refractivity contribution >= 4 is 5.78 Å². The fraction of sp³-hybridized carbons (Fsp3) is 0.179. The van der Waals surface area contributed by atoms with Gasteiger partial charge in [-0.15, -0.1) is 0 Å². The lowest BCUT2D eigenvalue weighted by Crippen LogP contribution is -2.12. The molecule has 0 aliphatic heterocycles. The number of aryl methyl sites for hydroxylation is 2. The molecule has 0 saturated heterocycles. The van der Waals surface area contributed by atoms with Crippen LogP contribution in [0.3, 0.4) is 0 Å². The van der Waals surface area contributed by atoms with Crippen molar-refractivity contribution in [3.63, 3.8) is 0 Å². The molecule has 3 nitrogen and oxygen atoms in total. The third-order valence-corrected chi connectivity index (χ3v) is 5.38. The zero-order chi connectivity index (χ0) is 21.6. The lowest BCUT2D eigenvalue weighted by Gasteiger charge is -2.11. The first-order valence-corrected chi connectivity index (χ1v) is 10.6. The molecule has 0 unspecified atom stereocenters. The second-order valence-electron chi connectivity index (χ2n) is 8.05. The van der Waals surface area contributed by atoms with Gasteiger partial charge in [-0.3, -0.25) is 9.78 Å². The summed E-state index contributed by atoms with van der Waals surface area (Å²) in [6.45, 7) is 4.12. The Bertz CT molecular complexity index is 1160. The molecule has 0 aliphatic rings. The van der Waals surface area contributed by atoms with Crippen molar-refractivity contribution in [1.82, 2.24) is 9.97 Å². The van der Waals surface area contributed by atoms with Crippen LogP contribution in [0.4, 0.5) is 0 Å². The molecule has 0 fully saturated rings. The summed E-state index contributed by atoms with van der Waals surface area (Å²) in [5.41, 5.74) is 8.08. The van der Waals surface area contributed by atoms with Gasteiger partial charge in [0.15, 0.2) is 0 Å². The molecule has 3 aromatic carbocycles. The summed E-state index contributed by atoms with van der Waals surface area (Å²) >= 11 is 0. The Morgan fingerprint density at radius 2 is 1.35 bits per heavy atom. The highest BCUT2D eigenvalue weighted by Crippen LogP contribution is 2.21. The highest BCUT2D eigenvalue weighted by atomic mass is 16.1. The first-order chi connectivity index (χ1) is 15.1.